The van der Waals surface area contributed by atoms with Gasteiger partial charge in [0.15, 0.2) is 0 Å². The number of pyridine rings is 1. The fourth-order valence-corrected chi connectivity index (χ4v) is 4.36. The number of fused-ring (bicyclic) bond motifs is 1. The van der Waals surface area contributed by atoms with Gasteiger partial charge in [-0.1, -0.05) is 11.6 Å². The number of amides is 2. The Hall–Kier alpha value is -2.61. The highest BCUT2D eigenvalue weighted by Gasteiger charge is 2.54. The number of ether oxygens (including phenoxy) is 1. The zero-order valence-electron chi connectivity index (χ0n) is 14.9. The molecule has 0 bridgehead atoms. The first kappa shape index (κ1) is 17.5. The number of carbonyl (C=O) groups excluding carboxylic acids is 1. The van der Waals surface area contributed by atoms with Crippen molar-refractivity contribution in [1.82, 2.24) is 9.88 Å². The summed E-state index contributed by atoms with van der Waals surface area (Å²) in [6.45, 7) is 3.38. The Bertz CT molecular complexity index is 939. The third-order valence-corrected chi connectivity index (χ3v) is 5.70. The monoisotopic (exact) mass is 406 g/mol. The van der Waals surface area contributed by atoms with Crippen LogP contribution in [0.15, 0.2) is 30.3 Å². The minimum absolute atomic E-state index is 0.0325. The summed E-state index contributed by atoms with van der Waals surface area (Å²) in [7, 11) is 0. The maximum absolute atomic E-state index is 13.4. The Morgan fingerprint density at radius 3 is 2.68 bits per heavy atom. The molecule has 3 aliphatic heterocycles. The van der Waals surface area contributed by atoms with Crippen LogP contribution in [0.25, 0.3) is 0 Å². The van der Waals surface area contributed by atoms with Crippen LogP contribution in [0.3, 0.4) is 0 Å². The molecule has 146 valence electrons. The van der Waals surface area contributed by atoms with Gasteiger partial charge in [-0.3, -0.25) is 4.90 Å². The predicted molar refractivity (Wildman–Crippen MR) is 100 cm³/mol. The molecule has 0 aliphatic carbocycles. The third kappa shape index (κ3) is 2.83. The van der Waals surface area contributed by atoms with Crippen LogP contribution >= 0.6 is 11.6 Å². The summed E-state index contributed by atoms with van der Waals surface area (Å²) < 4.78 is 32.3. The topological polar surface area (TPSA) is 48.9 Å². The number of hydrogen-bond acceptors (Lipinski definition) is 4. The molecule has 0 atom stereocenters. The minimum Gasteiger partial charge on any atom is -0.489 e. The molecule has 1 aromatic carbocycles. The second-order valence-electron chi connectivity index (χ2n) is 7.57. The van der Waals surface area contributed by atoms with E-state index in [0.717, 1.165) is 11.8 Å². The van der Waals surface area contributed by atoms with Crippen molar-refractivity contribution in [2.24, 2.45) is 5.41 Å². The van der Waals surface area contributed by atoms with E-state index in [4.69, 9.17) is 16.3 Å². The summed E-state index contributed by atoms with van der Waals surface area (Å²) >= 11 is 6.00. The van der Waals surface area contributed by atoms with E-state index in [2.05, 4.69) is 4.98 Å². The van der Waals surface area contributed by atoms with Crippen LogP contribution in [0.2, 0.25) is 5.02 Å². The Morgan fingerprint density at radius 2 is 1.93 bits per heavy atom. The van der Waals surface area contributed by atoms with Gasteiger partial charge in [0, 0.05) is 54.8 Å². The first-order chi connectivity index (χ1) is 13.4. The number of carbonyl (C=O) groups is 1. The molecule has 4 heterocycles. The Kier molecular flexibility index (Phi) is 3.87. The van der Waals surface area contributed by atoms with E-state index in [-0.39, 0.29) is 11.4 Å². The quantitative estimate of drug-likeness (QED) is 0.683. The van der Waals surface area contributed by atoms with Gasteiger partial charge in [-0.05, 0) is 12.1 Å². The highest BCUT2D eigenvalue weighted by Crippen LogP contribution is 2.43. The van der Waals surface area contributed by atoms with Crippen molar-refractivity contribution in [3.63, 3.8) is 0 Å². The molecule has 5 rings (SSSR count). The molecule has 28 heavy (non-hydrogen) atoms. The van der Waals surface area contributed by atoms with E-state index in [0.29, 0.717) is 55.9 Å². The van der Waals surface area contributed by atoms with Crippen LogP contribution in [0.1, 0.15) is 0 Å². The lowest BCUT2D eigenvalue weighted by molar-refractivity contribution is 0.00919. The lowest BCUT2D eigenvalue weighted by Crippen LogP contribution is -2.74. The highest BCUT2D eigenvalue weighted by atomic mass is 35.5. The van der Waals surface area contributed by atoms with Crippen LogP contribution in [0.4, 0.5) is 25.1 Å². The molecule has 3 aliphatic rings. The van der Waals surface area contributed by atoms with Crippen LogP contribution in [-0.4, -0.2) is 55.2 Å². The lowest BCUT2D eigenvalue weighted by atomic mass is 9.73. The minimum atomic E-state index is -0.826. The van der Waals surface area contributed by atoms with Crippen molar-refractivity contribution in [2.75, 3.05) is 49.1 Å². The zero-order chi connectivity index (χ0) is 19.5. The number of rotatable bonds is 1. The number of hydrogen-bond donors (Lipinski definition) is 0. The molecule has 2 fully saturated rings. The molecule has 2 amide bonds. The van der Waals surface area contributed by atoms with Crippen LogP contribution in [0, 0.1) is 17.2 Å². The predicted octanol–water partition coefficient (Wildman–Crippen LogP) is 3.15. The maximum Gasteiger partial charge on any atom is 0.324 e. The molecule has 6 nitrogen and oxygen atoms in total. The van der Waals surface area contributed by atoms with Crippen molar-refractivity contribution in [2.45, 2.75) is 0 Å². The van der Waals surface area contributed by atoms with Crippen molar-refractivity contribution in [1.29, 1.82) is 0 Å². The molecule has 1 spiro atoms. The van der Waals surface area contributed by atoms with Crippen LogP contribution in [-0.2, 0) is 0 Å². The van der Waals surface area contributed by atoms with Crippen molar-refractivity contribution < 1.29 is 18.3 Å². The van der Waals surface area contributed by atoms with E-state index >= 15 is 0 Å². The molecule has 9 heteroatoms. The lowest BCUT2D eigenvalue weighted by Gasteiger charge is -2.60. The zero-order valence-corrected chi connectivity index (χ0v) is 15.6. The van der Waals surface area contributed by atoms with Gasteiger partial charge in [-0.15, -0.1) is 0 Å². The summed E-state index contributed by atoms with van der Waals surface area (Å²) in [4.78, 5) is 22.0. The molecular weight excluding hydrogens is 390 g/mol. The van der Waals surface area contributed by atoms with Gasteiger partial charge in [0.1, 0.15) is 24.0 Å². The standard InChI is InChI=1S/C19H17ClF2N4O2/c20-12-1-2-14-15(5-12)28-4-3-26(14)18(27)25-10-19(11-25)8-24(9-19)17-7-13(21)6-16(22)23-17/h1-2,5-7H,3-4,8-11H2. The van der Waals surface area contributed by atoms with E-state index in [1.54, 1.807) is 28.0 Å². The van der Waals surface area contributed by atoms with Gasteiger partial charge in [0.05, 0.1) is 12.2 Å². The Labute approximate surface area is 165 Å². The van der Waals surface area contributed by atoms with Gasteiger partial charge in [-0.2, -0.15) is 4.39 Å². The van der Waals surface area contributed by atoms with Crippen LogP contribution < -0.4 is 14.5 Å². The largest absolute Gasteiger partial charge is 0.489 e. The van der Waals surface area contributed by atoms with E-state index < -0.39 is 11.8 Å². The smallest absolute Gasteiger partial charge is 0.324 e. The number of nitrogens with zero attached hydrogens (tertiary/aromatic N) is 4. The summed E-state index contributed by atoms with van der Waals surface area (Å²) in [6, 6.07) is 7.17. The number of benzene rings is 1. The number of aromatic nitrogens is 1. The first-order valence-electron chi connectivity index (χ1n) is 8.99. The maximum atomic E-state index is 13.4. The van der Waals surface area contributed by atoms with Crippen molar-refractivity contribution in [3.8, 4) is 5.75 Å². The molecule has 0 radical (unpaired) electrons. The number of halogens is 3. The third-order valence-electron chi connectivity index (χ3n) is 5.46. The molecule has 2 saturated heterocycles. The fourth-order valence-electron chi connectivity index (χ4n) is 4.20. The summed E-state index contributed by atoms with van der Waals surface area (Å²) in [5.41, 5.74) is 0.686. The SMILES string of the molecule is O=C(N1CC2(C1)CN(c1cc(F)cc(F)n1)C2)N1CCOc2cc(Cl)ccc21. The number of urea groups is 1. The van der Waals surface area contributed by atoms with Gasteiger partial charge in [0.2, 0.25) is 5.95 Å². The van der Waals surface area contributed by atoms with E-state index in [9.17, 15) is 13.6 Å². The molecule has 2 aromatic rings. The molecular formula is C19H17ClF2N4O2. The molecule has 0 unspecified atom stereocenters. The Balaban J connectivity index is 1.23. The molecule has 1 aromatic heterocycles. The van der Waals surface area contributed by atoms with Crippen molar-refractivity contribution >= 4 is 29.1 Å². The summed E-state index contributed by atoms with van der Waals surface area (Å²) in [5.74, 6) is -0.560. The van der Waals surface area contributed by atoms with E-state index in [1.807, 2.05) is 4.90 Å². The summed E-state index contributed by atoms with van der Waals surface area (Å²) in [5, 5.41) is 0.563. The Morgan fingerprint density at radius 1 is 1.14 bits per heavy atom. The van der Waals surface area contributed by atoms with Crippen LogP contribution in [0.5, 0.6) is 5.75 Å². The average Bonchev–Trinajstić information content (AvgIpc) is 2.57. The normalized spacial score (nSPS) is 19.6. The average molecular weight is 407 g/mol. The molecule has 0 N–H and O–H groups in total. The van der Waals surface area contributed by atoms with Gasteiger partial charge >= 0.3 is 6.03 Å². The second kappa shape index (κ2) is 6.20. The van der Waals surface area contributed by atoms with Gasteiger partial charge in [0.25, 0.3) is 0 Å². The molecule has 0 saturated carbocycles. The van der Waals surface area contributed by atoms with E-state index in [1.165, 1.54) is 6.07 Å². The number of likely N-dealkylation sites (tertiary alicyclic amines) is 1. The fraction of sp³-hybridized carbons (Fsp3) is 0.368. The van der Waals surface area contributed by atoms with Gasteiger partial charge < -0.3 is 14.5 Å². The first-order valence-corrected chi connectivity index (χ1v) is 9.37. The summed E-state index contributed by atoms with van der Waals surface area (Å²) in [6.07, 6.45) is 0. The van der Waals surface area contributed by atoms with Crippen molar-refractivity contribution in [3.05, 3.63) is 47.1 Å². The highest BCUT2D eigenvalue weighted by molar-refractivity contribution is 6.30. The second-order valence-corrected chi connectivity index (χ2v) is 8.01. The number of anilines is 2. The van der Waals surface area contributed by atoms with Gasteiger partial charge in [-0.25, -0.2) is 14.2 Å².